The monoisotopic (exact) mass is 233 g/mol. The summed E-state index contributed by atoms with van der Waals surface area (Å²) in [6.07, 6.45) is 4.16. The summed E-state index contributed by atoms with van der Waals surface area (Å²) in [4.78, 5) is 4.07. The molecule has 2 aliphatic rings. The van der Waals surface area contributed by atoms with E-state index in [1.807, 2.05) is 11.8 Å². The molecule has 2 unspecified atom stereocenters. The van der Waals surface area contributed by atoms with Crippen molar-refractivity contribution in [3.8, 4) is 0 Å². The van der Waals surface area contributed by atoms with Crippen LogP contribution < -0.4 is 0 Å². The number of nitrogens with zero attached hydrogens (tertiary/aromatic N) is 1. The van der Waals surface area contributed by atoms with E-state index in [0.717, 1.165) is 12.0 Å². The fraction of sp³-hybridized carbons (Fsp3) is 0.571. The van der Waals surface area contributed by atoms with Crippen molar-refractivity contribution < 1.29 is 0 Å². The van der Waals surface area contributed by atoms with Crippen molar-refractivity contribution >= 4 is 11.8 Å². The molecule has 0 bridgehead atoms. The molecular weight excluding hydrogens is 214 g/mol. The zero-order valence-electron chi connectivity index (χ0n) is 9.86. The molecule has 16 heavy (non-hydrogen) atoms. The lowest BCUT2D eigenvalue weighted by atomic mass is 9.93. The smallest absolute Gasteiger partial charge is 0.0107 e. The van der Waals surface area contributed by atoms with E-state index in [2.05, 4.69) is 36.2 Å². The molecule has 2 heteroatoms. The lowest BCUT2D eigenvalue weighted by Crippen LogP contribution is -2.26. The van der Waals surface area contributed by atoms with Gasteiger partial charge in [0.2, 0.25) is 0 Å². The third-order valence-corrected chi connectivity index (χ3v) is 5.28. The van der Waals surface area contributed by atoms with Crippen LogP contribution in [0.1, 0.15) is 30.7 Å². The Balaban J connectivity index is 1.73. The Morgan fingerprint density at radius 1 is 1.38 bits per heavy atom. The summed E-state index contributed by atoms with van der Waals surface area (Å²) in [5, 5.41) is 0. The fourth-order valence-electron chi connectivity index (χ4n) is 3.03. The van der Waals surface area contributed by atoms with E-state index >= 15 is 0 Å². The highest BCUT2D eigenvalue weighted by atomic mass is 32.2. The Hall–Kier alpha value is -0.470. The molecule has 1 aromatic carbocycles. The quantitative estimate of drug-likeness (QED) is 0.770. The lowest BCUT2D eigenvalue weighted by molar-refractivity contribution is 0.286. The van der Waals surface area contributed by atoms with Gasteiger partial charge in [-0.15, -0.1) is 11.8 Å². The van der Waals surface area contributed by atoms with Crippen molar-refractivity contribution in [1.82, 2.24) is 4.90 Å². The molecule has 2 aliphatic heterocycles. The number of hydrogen-bond donors (Lipinski definition) is 0. The van der Waals surface area contributed by atoms with Gasteiger partial charge in [-0.05, 0) is 50.4 Å². The first-order chi connectivity index (χ1) is 7.84. The van der Waals surface area contributed by atoms with E-state index in [1.165, 1.54) is 36.5 Å². The van der Waals surface area contributed by atoms with Crippen molar-refractivity contribution in [2.75, 3.05) is 19.3 Å². The van der Waals surface area contributed by atoms with E-state index in [1.54, 1.807) is 5.56 Å². The van der Waals surface area contributed by atoms with Crippen LogP contribution in [0.5, 0.6) is 0 Å². The molecular formula is C14H19NS. The molecule has 0 N–H and O–H groups in total. The second-order valence-electron chi connectivity index (χ2n) is 5.06. The van der Waals surface area contributed by atoms with E-state index in [9.17, 15) is 0 Å². The van der Waals surface area contributed by atoms with Gasteiger partial charge in [0.25, 0.3) is 0 Å². The number of rotatable bonds is 2. The van der Waals surface area contributed by atoms with E-state index < -0.39 is 0 Å². The molecule has 0 radical (unpaired) electrons. The largest absolute Gasteiger partial charge is 0.303 e. The van der Waals surface area contributed by atoms with Gasteiger partial charge in [0.15, 0.2) is 0 Å². The molecule has 1 fully saturated rings. The highest BCUT2D eigenvalue weighted by molar-refractivity contribution is 7.99. The number of thioether (sulfide) groups is 1. The van der Waals surface area contributed by atoms with Crippen LogP contribution in [0.25, 0.3) is 0 Å². The zero-order valence-corrected chi connectivity index (χ0v) is 10.7. The number of benzene rings is 1. The van der Waals surface area contributed by atoms with E-state index in [-0.39, 0.29) is 0 Å². The van der Waals surface area contributed by atoms with Crippen molar-refractivity contribution in [2.24, 2.45) is 0 Å². The van der Waals surface area contributed by atoms with Crippen molar-refractivity contribution in [2.45, 2.75) is 36.1 Å². The molecule has 1 aromatic rings. The summed E-state index contributed by atoms with van der Waals surface area (Å²) in [5.41, 5.74) is 1.60. The minimum Gasteiger partial charge on any atom is -0.303 e. The maximum atomic E-state index is 2.55. The fourth-order valence-corrected chi connectivity index (χ4v) is 4.30. The third-order valence-electron chi connectivity index (χ3n) is 4.03. The van der Waals surface area contributed by atoms with Gasteiger partial charge in [-0.3, -0.25) is 0 Å². The summed E-state index contributed by atoms with van der Waals surface area (Å²) >= 11 is 2.04. The molecule has 1 saturated heterocycles. The maximum Gasteiger partial charge on any atom is 0.0107 e. The number of fused-ring (bicyclic) bond motifs is 1. The summed E-state index contributed by atoms with van der Waals surface area (Å²) < 4.78 is 0. The van der Waals surface area contributed by atoms with Crippen LogP contribution in [0.3, 0.4) is 0 Å². The van der Waals surface area contributed by atoms with Crippen LogP contribution in [0.2, 0.25) is 0 Å². The molecule has 3 rings (SSSR count). The van der Waals surface area contributed by atoms with Crippen LogP contribution in [-0.4, -0.2) is 30.3 Å². The van der Waals surface area contributed by atoms with Gasteiger partial charge in [0.05, 0.1) is 0 Å². The van der Waals surface area contributed by atoms with E-state index in [4.69, 9.17) is 0 Å². The summed E-state index contributed by atoms with van der Waals surface area (Å²) in [7, 11) is 2.28. The standard InChI is InChI=1S/C14H19NS/c1-15-8-4-5-12(15)9-11-10-16-14-7-3-2-6-13(11)14/h2-3,6-7,11-12H,4-5,8-10H2,1H3. The van der Waals surface area contributed by atoms with Crippen molar-refractivity contribution in [1.29, 1.82) is 0 Å². The van der Waals surface area contributed by atoms with Gasteiger partial charge in [-0.25, -0.2) is 0 Å². The molecule has 0 saturated carbocycles. The van der Waals surface area contributed by atoms with Gasteiger partial charge in [0, 0.05) is 16.7 Å². The average molecular weight is 233 g/mol. The maximum absolute atomic E-state index is 2.55. The Morgan fingerprint density at radius 3 is 3.06 bits per heavy atom. The van der Waals surface area contributed by atoms with Crippen LogP contribution in [-0.2, 0) is 0 Å². The lowest BCUT2D eigenvalue weighted by Gasteiger charge is -2.22. The first-order valence-electron chi connectivity index (χ1n) is 6.26. The summed E-state index contributed by atoms with van der Waals surface area (Å²) in [5.74, 6) is 2.09. The van der Waals surface area contributed by atoms with Gasteiger partial charge in [0.1, 0.15) is 0 Å². The SMILES string of the molecule is CN1CCCC1CC1CSc2ccccc21. The second kappa shape index (κ2) is 4.42. The molecule has 0 amide bonds. The molecule has 0 aliphatic carbocycles. The predicted octanol–water partition coefficient (Wildman–Crippen LogP) is 3.36. The Bertz CT molecular complexity index is 377. The molecule has 2 atom stereocenters. The van der Waals surface area contributed by atoms with Crippen molar-refractivity contribution in [3.63, 3.8) is 0 Å². The van der Waals surface area contributed by atoms with Crippen LogP contribution >= 0.6 is 11.8 Å². The first-order valence-corrected chi connectivity index (χ1v) is 7.25. The van der Waals surface area contributed by atoms with Crippen LogP contribution in [0.15, 0.2) is 29.2 Å². The summed E-state index contributed by atoms with van der Waals surface area (Å²) in [6, 6.07) is 9.79. The second-order valence-corrected chi connectivity index (χ2v) is 6.12. The normalized spacial score (nSPS) is 29.6. The van der Waals surface area contributed by atoms with Crippen LogP contribution in [0, 0.1) is 0 Å². The highest BCUT2D eigenvalue weighted by Crippen LogP contribution is 2.42. The minimum absolute atomic E-state index is 0.798. The predicted molar refractivity (Wildman–Crippen MR) is 70.2 cm³/mol. The third kappa shape index (κ3) is 1.89. The van der Waals surface area contributed by atoms with Gasteiger partial charge >= 0.3 is 0 Å². The zero-order chi connectivity index (χ0) is 11.0. The minimum atomic E-state index is 0.798. The number of likely N-dealkylation sites (tertiary alicyclic amines) is 1. The average Bonchev–Trinajstić information content (AvgIpc) is 2.88. The highest BCUT2D eigenvalue weighted by Gasteiger charge is 2.29. The van der Waals surface area contributed by atoms with Gasteiger partial charge in [-0.2, -0.15) is 0 Å². The number of hydrogen-bond acceptors (Lipinski definition) is 2. The molecule has 0 aromatic heterocycles. The Morgan fingerprint density at radius 2 is 2.25 bits per heavy atom. The van der Waals surface area contributed by atoms with Crippen LogP contribution in [0.4, 0.5) is 0 Å². The van der Waals surface area contributed by atoms with Crippen molar-refractivity contribution in [3.05, 3.63) is 29.8 Å². The molecule has 0 spiro atoms. The summed E-state index contributed by atoms with van der Waals surface area (Å²) in [6.45, 7) is 1.30. The molecule has 2 heterocycles. The molecule has 86 valence electrons. The van der Waals surface area contributed by atoms with Gasteiger partial charge < -0.3 is 4.90 Å². The Labute approximate surface area is 102 Å². The van der Waals surface area contributed by atoms with Gasteiger partial charge in [-0.1, -0.05) is 18.2 Å². The molecule has 1 nitrogen and oxygen atoms in total. The Kier molecular flexibility index (Phi) is 2.95. The van der Waals surface area contributed by atoms with E-state index in [0.29, 0.717) is 0 Å². The first kappa shape index (κ1) is 10.7. The topological polar surface area (TPSA) is 3.24 Å².